The number of benzene rings is 1. The van der Waals surface area contributed by atoms with Crippen LogP contribution in [-0.4, -0.2) is 16.5 Å². The van der Waals surface area contributed by atoms with Gasteiger partial charge in [-0.1, -0.05) is 23.7 Å². The van der Waals surface area contributed by atoms with Crippen LogP contribution in [0.1, 0.15) is 30.3 Å². The number of hydrogen-bond donors (Lipinski definition) is 2. The lowest BCUT2D eigenvalue weighted by atomic mass is 10.0. The first-order chi connectivity index (χ1) is 9.33. The van der Waals surface area contributed by atoms with Crippen molar-refractivity contribution in [3.63, 3.8) is 0 Å². The summed E-state index contributed by atoms with van der Waals surface area (Å²) in [6.07, 6.45) is 7.24. The van der Waals surface area contributed by atoms with Gasteiger partial charge in [0.05, 0.1) is 0 Å². The lowest BCUT2D eigenvalue weighted by Gasteiger charge is -2.18. The largest absolute Gasteiger partial charge is 0.349 e. The second-order valence-corrected chi connectivity index (χ2v) is 5.54. The number of hydrogen-bond acceptors (Lipinski definition) is 2. The van der Waals surface area contributed by atoms with Gasteiger partial charge in [0.1, 0.15) is 5.82 Å². The molecule has 1 fully saturated rings. The molecule has 2 aromatic rings. The van der Waals surface area contributed by atoms with Crippen molar-refractivity contribution in [2.45, 2.75) is 25.3 Å². The van der Waals surface area contributed by atoms with Crippen LogP contribution in [0.2, 0.25) is 5.02 Å². The van der Waals surface area contributed by atoms with E-state index < -0.39 is 0 Å². The maximum absolute atomic E-state index is 5.95. The standard InChI is InChI=1S/C15H18ClN3/c16-13-5-3-12(4-6-13)15(11-1-2-11)19-8-7-14-17-9-10-18-14/h3-6,9-11,15,19H,1-2,7-8H2,(H,17,18). The monoisotopic (exact) mass is 275 g/mol. The number of imidazole rings is 1. The Kier molecular flexibility index (Phi) is 3.85. The average Bonchev–Trinajstić information content (AvgIpc) is 3.13. The van der Waals surface area contributed by atoms with Gasteiger partial charge in [-0.05, 0) is 36.5 Å². The highest BCUT2D eigenvalue weighted by atomic mass is 35.5. The van der Waals surface area contributed by atoms with Gasteiger partial charge in [-0.2, -0.15) is 0 Å². The summed E-state index contributed by atoms with van der Waals surface area (Å²) < 4.78 is 0. The van der Waals surface area contributed by atoms with E-state index in [0.717, 1.165) is 29.7 Å². The molecular formula is C15H18ClN3. The van der Waals surface area contributed by atoms with E-state index in [1.165, 1.54) is 18.4 Å². The van der Waals surface area contributed by atoms with Crippen LogP contribution in [-0.2, 0) is 6.42 Å². The number of halogens is 1. The van der Waals surface area contributed by atoms with E-state index in [4.69, 9.17) is 11.6 Å². The van der Waals surface area contributed by atoms with Crippen molar-refractivity contribution in [2.75, 3.05) is 6.54 Å². The fourth-order valence-corrected chi connectivity index (χ4v) is 2.56. The van der Waals surface area contributed by atoms with Crippen LogP contribution in [0, 0.1) is 5.92 Å². The molecule has 3 rings (SSSR count). The molecule has 0 radical (unpaired) electrons. The fourth-order valence-electron chi connectivity index (χ4n) is 2.44. The van der Waals surface area contributed by atoms with Crippen LogP contribution in [0.25, 0.3) is 0 Å². The van der Waals surface area contributed by atoms with Crippen molar-refractivity contribution in [1.29, 1.82) is 0 Å². The summed E-state index contributed by atoms with van der Waals surface area (Å²) in [6, 6.07) is 8.66. The normalized spacial score (nSPS) is 16.5. The Labute approximate surface area is 118 Å². The summed E-state index contributed by atoms with van der Waals surface area (Å²) in [5, 5.41) is 4.45. The summed E-state index contributed by atoms with van der Waals surface area (Å²) in [7, 11) is 0. The van der Waals surface area contributed by atoms with Crippen molar-refractivity contribution in [2.24, 2.45) is 5.92 Å². The van der Waals surface area contributed by atoms with E-state index in [1.54, 1.807) is 6.20 Å². The third-order valence-electron chi connectivity index (χ3n) is 3.60. The lowest BCUT2D eigenvalue weighted by Crippen LogP contribution is -2.25. The van der Waals surface area contributed by atoms with E-state index in [9.17, 15) is 0 Å². The molecular weight excluding hydrogens is 258 g/mol. The van der Waals surface area contributed by atoms with Crippen LogP contribution >= 0.6 is 11.6 Å². The highest BCUT2D eigenvalue weighted by Gasteiger charge is 2.31. The zero-order chi connectivity index (χ0) is 13.1. The summed E-state index contributed by atoms with van der Waals surface area (Å²) in [5.41, 5.74) is 1.34. The van der Waals surface area contributed by atoms with Gasteiger partial charge in [0.25, 0.3) is 0 Å². The number of nitrogens with zero attached hydrogens (tertiary/aromatic N) is 1. The van der Waals surface area contributed by atoms with Crippen molar-refractivity contribution in [1.82, 2.24) is 15.3 Å². The van der Waals surface area contributed by atoms with Gasteiger partial charge in [-0.3, -0.25) is 0 Å². The Bertz CT molecular complexity index is 503. The molecule has 1 aliphatic rings. The van der Waals surface area contributed by atoms with Gasteiger partial charge in [-0.25, -0.2) is 4.98 Å². The number of aromatic amines is 1. The first-order valence-electron chi connectivity index (χ1n) is 6.80. The Morgan fingerprint density at radius 1 is 1.32 bits per heavy atom. The first-order valence-corrected chi connectivity index (χ1v) is 7.18. The minimum Gasteiger partial charge on any atom is -0.349 e. The second-order valence-electron chi connectivity index (χ2n) is 5.11. The van der Waals surface area contributed by atoms with Crippen LogP contribution in [0.5, 0.6) is 0 Å². The molecule has 0 amide bonds. The van der Waals surface area contributed by atoms with E-state index in [1.807, 2.05) is 18.3 Å². The molecule has 1 aliphatic carbocycles. The van der Waals surface area contributed by atoms with Gasteiger partial charge in [0.15, 0.2) is 0 Å². The summed E-state index contributed by atoms with van der Waals surface area (Å²) in [5.74, 6) is 1.82. The first kappa shape index (κ1) is 12.7. The molecule has 100 valence electrons. The summed E-state index contributed by atoms with van der Waals surface area (Å²) in [4.78, 5) is 7.38. The van der Waals surface area contributed by atoms with Crippen molar-refractivity contribution in [3.8, 4) is 0 Å². The van der Waals surface area contributed by atoms with Gasteiger partial charge >= 0.3 is 0 Å². The third-order valence-corrected chi connectivity index (χ3v) is 3.86. The molecule has 1 saturated carbocycles. The summed E-state index contributed by atoms with van der Waals surface area (Å²) >= 11 is 5.95. The van der Waals surface area contributed by atoms with Gasteiger partial charge in [0.2, 0.25) is 0 Å². The number of aromatic nitrogens is 2. The predicted octanol–water partition coefficient (Wildman–Crippen LogP) is 3.35. The van der Waals surface area contributed by atoms with Gasteiger partial charge < -0.3 is 10.3 Å². The quantitative estimate of drug-likeness (QED) is 0.849. The van der Waals surface area contributed by atoms with Crippen LogP contribution in [0.3, 0.4) is 0 Å². The molecule has 1 atom stereocenters. The lowest BCUT2D eigenvalue weighted by molar-refractivity contribution is 0.482. The Morgan fingerprint density at radius 3 is 2.74 bits per heavy atom. The highest BCUT2D eigenvalue weighted by molar-refractivity contribution is 6.30. The maximum Gasteiger partial charge on any atom is 0.107 e. The molecule has 1 heterocycles. The number of H-pyrrole nitrogens is 1. The van der Waals surface area contributed by atoms with E-state index >= 15 is 0 Å². The van der Waals surface area contributed by atoms with Gasteiger partial charge in [0, 0.05) is 36.4 Å². The third kappa shape index (κ3) is 3.37. The number of nitrogens with one attached hydrogen (secondary N) is 2. The summed E-state index contributed by atoms with van der Waals surface area (Å²) in [6.45, 7) is 0.942. The highest BCUT2D eigenvalue weighted by Crippen LogP contribution is 2.41. The smallest absolute Gasteiger partial charge is 0.107 e. The van der Waals surface area contributed by atoms with Crippen molar-refractivity contribution >= 4 is 11.6 Å². The molecule has 0 bridgehead atoms. The molecule has 0 spiro atoms. The Balaban J connectivity index is 1.60. The SMILES string of the molecule is Clc1ccc(C(NCCc2ncc[nH]2)C2CC2)cc1. The number of rotatable bonds is 6. The minimum absolute atomic E-state index is 0.451. The second kappa shape index (κ2) is 5.76. The molecule has 0 saturated heterocycles. The van der Waals surface area contributed by atoms with E-state index in [-0.39, 0.29) is 0 Å². The van der Waals surface area contributed by atoms with Crippen molar-refractivity contribution < 1.29 is 0 Å². The molecule has 0 aliphatic heterocycles. The van der Waals surface area contributed by atoms with Crippen molar-refractivity contribution in [3.05, 3.63) is 53.1 Å². The molecule has 2 N–H and O–H groups in total. The molecule has 19 heavy (non-hydrogen) atoms. The Hall–Kier alpha value is -1.32. The molecule has 1 unspecified atom stereocenters. The fraction of sp³-hybridized carbons (Fsp3) is 0.400. The molecule has 1 aromatic carbocycles. The molecule has 3 nitrogen and oxygen atoms in total. The van der Waals surface area contributed by atoms with E-state index in [2.05, 4.69) is 27.4 Å². The molecule has 4 heteroatoms. The van der Waals surface area contributed by atoms with Crippen LogP contribution in [0.15, 0.2) is 36.7 Å². The Morgan fingerprint density at radius 2 is 2.11 bits per heavy atom. The minimum atomic E-state index is 0.451. The average molecular weight is 276 g/mol. The van der Waals surface area contributed by atoms with E-state index in [0.29, 0.717) is 6.04 Å². The maximum atomic E-state index is 5.95. The molecule has 1 aromatic heterocycles. The van der Waals surface area contributed by atoms with Crippen LogP contribution in [0.4, 0.5) is 0 Å². The van der Waals surface area contributed by atoms with Gasteiger partial charge in [-0.15, -0.1) is 0 Å². The predicted molar refractivity (Wildman–Crippen MR) is 77.2 cm³/mol. The zero-order valence-electron chi connectivity index (χ0n) is 10.8. The van der Waals surface area contributed by atoms with Crippen LogP contribution < -0.4 is 5.32 Å². The topological polar surface area (TPSA) is 40.7 Å². The zero-order valence-corrected chi connectivity index (χ0v) is 11.5.